The molecule has 2 heterocycles. The zero-order valence-electron chi connectivity index (χ0n) is 25.9. The average Bonchev–Trinajstić information content (AvgIpc) is 3.17. The van der Waals surface area contributed by atoms with Crippen molar-refractivity contribution in [2.75, 3.05) is 31.9 Å². The molecule has 1 unspecified atom stereocenters. The summed E-state index contributed by atoms with van der Waals surface area (Å²) in [4.78, 5) is 34.1. The van der Waals surface area contributed by atoms with E-state index in [1.165, 1.54) is 0 Å². The predicted octanol–water partition coefficient (Wildman–Crippen LogP) is 2.54. The maximum Gasteiger partial charge on any atom is 0.266 e. The van der Waals surface area contributed by atoms with E-state index in [-0.39, 0.29) is 23.7 Å². The van der Waals surface area contributed by atoms with Crippen LogP contribution in [0.5, 0.6) is 0 Å². The van der Waals surface area contributed by atoms with E-state index in [9.17, 15) is 23.1 Å². The second kappa shape index (κ2) is 17.2. The summed E-state index contributed by atoms with van der Waals surface area (Å²) in [5.41, 5.74) is 13.1. The van der Waals surface area contributed by atoms with Crippen molar-refractivity contribution in [1.29, 1.82) is 0 Å². The van der Waals surface area contributed by atoms with Crippen molar-refractivity contribution in [1.82, 2.24) is 15.5 Å². The molecule has 1 aliphatic heterocycles. The van der Waals surface area contributed by atoms with Gasteiger partial charge < -0.3 is 26.8 Å². The molecule has 0 saturated heterocycles. The van der Waals surface area contributed by atoms with Crippen molar-refractivity contribution in [3.05, 3.63) is 21.4 Å². The maximum atomic E-state index is 13.5. The molecule has 244 valence electrons. The summed E-state index contributed by atoms with van der Waals surface area (Å²) in [6.07, 6.45) is 6.22. The molecule has 0 aromatic carbocycles. The first-order valence-corrected chi connectivity index (χ1v) is 17.3. The first-order valence-electron chi connectivity index (χ1n) is 14.9. The molecule has 14 heteroatoms. The third-order valence-corrected chi connectivity index (χ3v) is 8.60. The van der Waals surface area contributed by atoms with Gasteiger partial charge in [0.2, 0.25) is 11.8 Å². The minimum Gasteiger partial charge on any atom is -0.387 e. The van der Waals surface area contributed by atoms with Crippen LogP contribution in [0.25, 0.3) is 6.08 Å². The highest BCUT2D eigenvalue weighted by molar-refractivity contribution is 7.85. The van der Waals surface area contributed by atoms with E-state index in [0.717, 1.165) is 47.5 Å². The normalized spacial score (nSPS) is 15.1. The second-order valence-corrected chi connectivity index (χ2v) is 14.9. The van der Waals surface area contributed by atoms with E-state index in [2.05, 4.69) is 15.6 Å². The third-order valence-electron chi connectivity index (χ3n) is 6.67. The standard InChI is InChI=1S/C29H50N6O6S2/c1-5-13-35(14-9-12-32-26(36)18-29(2,3)4)28(38)20-15-24-23(34-25(31)16-20)17-21(42-24)10-7-6-8-11-33-27(37)22(30)19-43(39,40)41/h15,17,22,27,33,37H,5-14,16,18-19,30H2,1-4H3,(H2,31,34)(H,32,36)(H,39,40,41)/t22-,27?/m0/s1. The molecule has 0 fully saturated rings. The highest BCUT2D eigenvalue weighted by Gasteiger charge is 2.23. The van der Waals surface area contributed by atoms with Crippen LogP contribution in [0.1, 0.15) is 82.4 Å². The zero-order chi connectivity index (χ0) is 32.2. The van der Waals surface area contributed by atoms with E-state index < -0.39 is 28.1 Å². The van der Waals surface area contributed by atoms with Crippen molar-refractivity contribution in [3.63, 3.8) is 0 Å². The van der Waals surface area contributed by atoms with Crippen LogP contribution in [0.4, 0.5) is 5.69 Å². The lowest BCUT2D eigenvalue weighted by molar-refractivity contribution is -0.127. The summed E-state index contributed by atoms with van der Waals surface area (Å²) in [6.45, 7) is 10.2. The number of aliphatic imine (C=N–C) groups is 1. The van der Waals surface area contributed by atoms with Crippen molar-refractivity contribution >= 4 is 50.9 Å². The van der Waals surface area contributed by atoms with Crippen LogP contribution in [0.3, 0.4) is 0 Å². The lowest BCUT2D eigenvalue weighted by atomic mass is 9.92. The molecule has 0 aliphatic carbocycles. The summed E-state index contributed by atoms with van der Waals surface area (Å²) < 4.78 is 30.7. The van der Waals surface area contributed by atoms with Gasteiger partial charge in [0.25, 0.3) is 10.1 Å². The van der Waals surface area contributed by atoms with E-state index in [4.69, 9.17) is 16.0 Å². The van der Waals surface area contributed by atoms with Gasteiger partial charge in [0, 0.05) is 42.9 Å². The van der Waals surface area contributed by atoms with Crippen LogP contribution in [0.15, 0.2) is 16.6 Å². The minimum atomic E-state index is -4.25. The number of nitrogens with two attached hydrogens (primary N) is 2. The topological polar surface area (TPSA) is 200 Å². The molecule has 2 amide bonds. The van der Waals surface area contributed by atoms with Gasteiger partial charge >= 0.3 is 0 Å². The van der Waals surface area contributed by atoms with Crippen molar-refractivity contribution < 1.29 is 27.7 Å². The summed E-state index contributed by atoms with van der Waals surface area (Å²) >= 11 is 1.59. The smallest absolute Gasteiger partial charge is 0.266 e. The Morgan fingerprint density at radius 2 is 1.88 bits per heavy atom. The van der Waals surface area contributed by atoms with Crippen LogP contribution in [0, 0.1) is 5.41 Å². The van der Waals surface area contributed by atoms with Crippen molar-refractivity contribution in [2.45, 2.75) is 91.3 Å². The van der Waals surface area contributed by atoms with Gasteiger partial charge in [0.15, 0.2) is 0 Å². The number of rotatable bonds is 18. The van der Waals surface area contributed by atoms with Gasteiger partial charge in [-0.3, -0.25) is 19.5 Å². The predicted molar refractivity (Wildman–Crippen MR) is 173 cm³/mol. The minimum absolute atomic E-state index is 0.0197. The number of hydrogen-bond acceptors (Lipinski definition) is 10. The number of hydrogen-bond donors (Lipinski definition) is 6. The van der Waals surface area contributed by atoms with Gasteiger partial charge in [0.05, 0.1) is 22.4 Å². The van der Waals surface area contributed by atoms with Gasteiger partial charge in [-0.1, -0.05) is 34.1 Å². The van der Waals surface area contributed by atoms with E-state index >= 15 is 0 Å². The maximum absolute atomic E-state index is 13.5. The number of aliphatic hydroxyl groups is 1. The fourth-order valence-corrected chi connectivity index (χ4v) is 6.44. The van der Waals surface area contributed by atoms with Crippen LogP contribution in [-0.2, 0) is 26.1 Å². The molecule has 8 N–H and O–H groups in total. The Kier molecular flexibility index (Phi) is 14.7. The molecule has 0 bridgehead atoms. The van der Waals surface area contributed by atoms with Gasteiger partial charge in [0.1, 0.15) is 12.1 Å². The van der Waals surface area contributed by atoms with E-state index in [1.807, 2.05) is 44.7 Å². The Bertz CT molecular complexity index is 1240. The number of nitrogens with zero attached hydrogens (tertiary/aromatic N) is 2. The molecule has 0 saturated carbocycles. The molecule has 2 atom stereocenters. The Hall–Kier alpha value is -2.36. The number of carbonyl (C=O) groups excluding carboxylic acids is 2. The van der Waals surface area contributed by atoms with Crippen LogP contribution >= 0.6 is 11.3 Å². The number of unbranched alkanes of at least 4 members (excludes halogenated alkanes) is 2. The quantitative estimate of drug-likeness (QED) is 0.0791. The number of nitrogens with one attached hydrogen (secondary N) is 2. The van der Waals surface area contributed by atoms with Crippen LogP contribution in [0.2, 0.25) is 0 Å². The van der Waals surface area contributed by atoms with Gasteiger partial charge in [-0.05, 0) is 56.2 Å². The molecule has 1 aliphatic rings. The fourth-order valence-electron chi connectivity index (χ4n) is 4.66. The molecular formula is C29H50N6O6S2. The Morgan fingerprint density at radius 1 is 1.16 bits per heavy atom. The number of thiophene rings is 1. The zero-order valence-corrected chi connectivity index (χ0v) is 27.5. The number of fused-ring (bicyclic) bond motifs is 1. The fraction of sp³-hybridized carbons (Fsp3) is 0.690. The van der Waals surface area contributed by atoms with Gasteiger partial charge in [-0.2, -0.15) is 8.42 Å². The molecule has 0 radical (unpaired) electrons. The SMILES string of the molecule is CCCN(CCCNC(=O)CC(C)(C)C)C(=O)C1=Cc2sc(CCCCCNC(O)[C@@H](N)CS(=O)(=O)O)cc2N=C(N)C1. The summed E-state index contributed by atoms with van der Waals surface area (Å²) in [5.74, 6) is -0.362. The molecule has 1 aromatic rings. The van der Waals surface area contributed by atoms with Crippen molar-refractivity contribution in [3.8, 4) is 0 Å². The number of amidine groups is 1. The monoisotopic (exact) mass is 642 g/mol. The largest absolute Gasteiger partial charge is 0.387 e. The first-order chi connectivity index (χ1) is 20.1. The highest BCUT2D eigenvalue weighted by atomic mass is 32.2. The highest BCUT2D eigenvalue weighted by Crippen LogP contribution is 2.35. The van der Waals surface area contributed by atoms with E-state index in [1.54, 1.807) is 11.3 Å². The average molecular weight is 643 g/mol. The lowest BCUT2D eigenvalue weighted by Gasteiger charge is -2.24. The Labute approximate surface area is 260 Å². The summed E-state index contributed by atoms with van der Waals surface area (Å²) in [7, 11) is -4.25. The van der Waals surface area contributed by atoms with Gasteiger partial charge in [-0.25, -0.2) is 4.99 Å². The third kappa shape index (κ3) is 14.3. The molecule has 12 nitrogen and oxygen atoms in total. The number of carbonyl (C=O) groups is 2. The first kappa shape index (κ1) is 36.8. The lowest BCUT2D eigenvalue weighted by Crippen LogP contribution is -2.48. The number of aliphatic hydroxyl groups excluding tert-OH is 1. The summed E-state index contributed by atoms with van der Waals surface area (Å²) in [5, 5.41) is 15.6. The summed E-state index contributed by atoms with van der Waals surface area (Å²) in [6, 6.07) is 0.895. The molecule has 1 aromatic heterocycles. The number of aryl methyl sites for hydroxylation is 1. The molecular weight excluding hydrogens is 592 g/mol. The van der Waals surface area contributed by atoms with Gasteiger partial charge in [-0.15, -0.1) is 11.3 Å². The number of amides is 2. The van der Waals surface area contributed by atoms with Crippen LogP contribution < -0.4 is 22.1 Å². The van der Waals surface area contributed by atoms with E-state index in [0.29, 0.717) is 50.4 Å². The molecule has 2 rings (SSSR count). The van der Waals surface area contributed by atoms with Crippen LogP contribution in [-0.4, -0.2) is 84.8 Å². The molecule has 0 spiro atoms. The van der Waals surface area contributed by atoms with Crippen molar-refractivity contribution in [2.24, 2.45) is 21.9 Å². The molecule has 43 heavy (non-hydrogen) atoms. The Morgan fingerprint density at radius 3 is 2.53 bits per heavy atom. The second-order valence-electron chi connectivity index (χ2n) is 12.3. The Balaban J connectivity index is 1.90.